The first-order valence-electron chi connectivity index (χ1n) is 8.93. The molecule has 0 aliphatic carbocycles. The van der Waals surface area contributed by atoms with Gasteiger partial charge in [0.05, 0.1) is 5.75 Å². The number of aliphatic imine (C=N–C) groups is 1. The van der Waals surface area contributed by atoms with Gasteiger partial charge in [0, 0.05) is 54.0 Å². The van der Waals surface area contributed by atoms with Gasteiger partial charge in [-0.15, -0.1) is 0 Å². The van der Waals surface area contributed by atoms with Gasteiger partial charge in [0.15, 0.2) is 5.96 Å². The third-order valence-electron chi connectivity index (χ3n) is 4.14. The molecule has 2 N–H and O–H groups in total. The average Bonchev–Trinajstić information content (AvgIpc) is 2.53. The molecule has 0 aromatic rings. The fourth-order valence-corrected chi connectivity index (χ4v) is 5.06. The Bertz CT molecular complexity index is 562. The second kappa shape index (κ2) is 9.87. The van der Waals surface area contributed by atoms with Crippen molar-refractivity contribution >= 4 is 26.8 Å². The van der Waals surface area contributed by atoms with Gasteiger partial charge in [0.25, 0.3) is 0 Å². The predicted molar refractivity (Wildman–Crippen MR) is 106 cm³/mol. The summed E-state index contributed by atoms with van der Waals surface area (Å²) in [7, 11) is -2.30. The second-order valence-electron chi connectivity index (χ2n) is 7.29. The zero-order valence-corrected chi connectivity index (χ0v) is 17.8. The molecule has 1 aliphatic rings. The quantitative estimate of drug-likeness (QED) is 0.495. The Morgan fingerprint density at radius 3 is 2.36 bits per heavy atom. The largest absolute Gasteiger partial charge is 0.355 e. The summed E-state index contributed by atoms with van der Waals surface area (Å²) in [6, 6.07) is 0.201. The standard InChI is InChI=1S/C16H34N4O3S2/c1-6-13-25(22,23)20-10-7-14(8-11-20)19-15(17-5)18-9-12-24(21)16(2,3)4/h14H,6-13H2,1-5H3,(H2,17,18,19). The molecule has 1 aliphatic heterocycles. The van der Waals surface area contributed by atoms with Crippen molar-refractivity contribution in [2.45, 2.75) is 57.7 Å². The predicted octanol–water partition coefficient (Wildman–Crippen LogP) is 0.903. The minimum Gasteiger partial charge on any atom is -0.355 e. The summed E-state index contributed by atoms with van der Waals surface area (Å²) < 4.78 is 37.6. The Labute approximate surface area is 155 Å². The van der Waals surface area contributed by atoms with Crippen LogP contribution in [0.3, 0.4) is 0 Å². The summed E-state index contributed by atoms with van der Waals surface area (Å²) in [6.07, 6.45) is 2.17. The number of hydrogen-bond donors (Lipinski definition) is 2. The Morgan fingerprint density at radius 2 is 1.88 bits per heavy atom. The van der Waals surface area contributed by atoms with E-state index in [9.17, 15) is 12.6 Å². The van der Waals surface area contributed by atoms with Crippen LogP contribution in [0, 0.1) is 0 Å². The Hall–Kier alpha value is -0.670. The number of piperidine rings is 1. The number of sulfonamides is 1. The van der Waals surface area contributed by atoms with Gasteiger partial charge in [-0.05, 0) is 40.0 Å². The van der Waals surface area contributed by atoms with E-state index in [1.54, 1.807) is 11.4 Å². The molecule has 0 bridgehead atoms. The van der Waals surface area contributed by atoms with E-state index in [2.05, 4.69) is 15.6 Å². The first kappa shape index (κ1) is 22.4. The first-order valence-corrected chi connectivity index (χ1v) is 11.9. The van der Waals surface area contributed by atoms with E-state index in [1.165, 1.54) is 0 Å². The molecule has 1 unspecified atom stereocenters. The number of nitrogens with zero attached hydrogens (tertiary/aromatic N) is 2. The number of hydrogen-bond acceptors (Lipinski definition) is 4. The summed E-state index contributed by atoms with van der Waals surface area (Å²) in [6.45, 7) is 9.47. The van der Waals surface area contributed by atoms with Crippen molar-refractivity contribution in [1.82, 2.24) is 14.9 Å². The molecule has 0 saturated carbocycles. The summed E-state index contributed by atoms with van der Waals surface area (Å²) >= 11 is 0. The normalized spacial score (nSPS) is 19.6. The molecule has 7 nitrogen and oxygen atoms in total. The van der Waals surface area contributed by atoms with Crippen LogP contribution in [-0.4, -0.2) is 71.9 Å². The van der Waals surface area contributed by atoms with Crippen molar-refractivity contribution in [1.29, 1.82) is 0 Å². The molecule has 9 heteroatoms. The molecule has 1 heterocycles. The Kier molecular flexibility index (Phi) is 8.83. The molecule has 1 atom stereocenters. The molecule has 0 spiro atoms. The fraction of sp³-hybridized carbons (Fsp3) is 0.938. The van der Waals surface area contributed by atoms with E-state index in [0.717, 1.165) is 12.8 Å². The summed E-state index contributed by atoms with van der Waals surface area (Å²) in [4.78, 5) is 4.20. The molecule has 148 valence electrons. The van der Waals surface area contributed by atoms with Gasteiger partial charge in [-0.3, -0.25) is 9.20 Å². The maximum atomic E-state index is 12.1. The third-order valence-corrected chi connectivity index (χ3v) is 8.15. The highest BCUT2D eigenvalue weighted by molar-refractivity contribution is 7.89. The molecule has 0 radical (unpaired) electrons. The number of nitrogens with one attached hydrogen (secondary N) is 2. The van der Waals surface area contributed by atoms with E-state index >= 15 is 0 Å². The minimum absolute atomic E-state index is 0.201. The van der Waals surface area contributed by atoms with Crippen molar-refractivity contribution in [2.24, 2.45) is 4.99 Å². The van der Waals surface area contributed by atoms with Gasteiger partial charge in [0.1, 0.15) is 0 Å². The van der Waals surface area contributed by atoms with Crippen LogP contribution in [0.4, 0.5) is 0 Å². The van der Waals surface area contributed by atoms with Crippen LogP contribution in [0.15, 0.2) is 4.99 Å². The summed E-state index contributed by atoms with van der Waals surface area (Å²) in [5.41, 5.74) is 0. The lowest BCUT2D eigenvalue weighted by Crippen LogP contribution is -2.50. The van der Waals surface area contributed by atoms with E-state index in [0.29, 0.717) is 37.8 Å². The fourth-order valence-electron chi connectivity index (χ4n) is 2.62. The lowest BCUT2D eigenvalue weighted by atomic mass is 10.1. The first-order chi connectivity index (χ1) is 11.6. The molecule has 0 aromatic heterocycles. The zero-order chi connectivity index (χ0) is 19.1. The van der Waals surface area contributed by atoms with Gasteiger partial charge in [-0.2, -0.15) is 0 Å². The van der Waals surface area contributed by atoms with Crippen molar-refractivity contribution in [2.75, 3.05) is 38.2 Å². The highest BCUT2D eigenvalue weighted by Crippen LogP contribution is 2.15. The summed E-state index contributed by atoms with van der Waals surface area (Å²) in [5.74, 6) is 1.47. The molecular formula is C16H34N4O3S2. The van der Waals surface area contributed by atoms with E-state index in [-0.39, 0.29) is 16.5 Å². The third kappa shape index (κ3) is 7.62. The topological polar surface area (TPSA) is 90.9 Å². The van der Waals surface area contributed by atoms with Gasteiger partial charge in [0.2, 0.25) is 10.0 Å². The van der Waals surface area contributed by atoms with Crippen LogP contribution in [0.1, 0.15) is 47.0 Å². The molecule has 25 heavy (non-hydrogen) atoms. The van der Waals surface area contributed by atoms with Gasteiger partial charge in [-0.25, -0.2) is 12.7 Å². The van der Waals surface area contributed by atoms with Crippen molar-refractivity contribution < 1.29 is 12.6 Å². The molecule has 0 amide bonds. The highest BCUT2D eigenvalue weighted by Gasteiger charge is 2.27. The van der Waals surface area contributed by atoms with Crippen molar-refractivity contribution in [3.8, 4) is 0 Å². The lowest BCUT2D eigenvalue weighted by molar-refractivity contribution is 0.306. The van der Waals surface area contributed by atoms with Crippen LogP contribution in [-0.2, 0) is 20.8 Å². The van der Waals surface area contributed by atoms with E-state index < -0.39 is 20.8 Å². The summed E-state index contributed by atoms with van der Waals surface area (Å²) in [5, 5.41) is 6.54. The minimum atomic E-state index is -3.10. The number of guanidine groups is 1. The Balaban J connectivity index is 2.40. The molecular weight excluding hydrogens is 360 g/mol. The Morgan fingerprint density at radius 1 is 1.28 bits per heavy atom. The molecule has 0 aromatic carbocycles. The number of rotatable bonds is 7. The highest BCUT2D eigenvalue weighted by atomic mass is 32.2. The monoisotopic (exact) mass is 394 g/mol. The molecule has 1 saturated heterocycles. The van der Waals surface area contributed by atoms with Crippen LogP contribution in [0.5, 0.6) is 0 Å². The zero-order valence-electron chi connectivity index (χ0n) is 16.2. The second-order valence-corrected chi connectivity index (χ2v) is 11.7. The molecule has 1 fully saturated rings. The van der Waals surface area contributed by atoms with Crippen LogP contribution in [0.2, 0.25) is 0 Å². The van der Waals surface area contributed by atoms with E-state index in [1.807, 2.05) is 27.7 Å². The molecule has 1 rings (SSSR count). The van der Waals surface area contributed by atoms with Crippen LogP contribution < -0.4 is 10.6 Å². The lowest BCUT2D eigenvalue weighted by Gasteiger charge is -2.32. The van der Waals surface area contributed by atoms with Gasteiger partial charge in [-0.1, -0.05) is 6.92 Å². The van der Waals surface area contributed by atoms with Gasteiger partial charge >= 0.3 is 0 Å². The smallest absolute Gasteiger partial charge is 0.214 e. The van der Waals surface area contributed by atoms with E-state index in [4.69, 9.17) is 0 Å². The van der Waals surface area contributed by atoms with Crippen molar-refractivity contribution in [3.63, 3.8) is 0 Å². The maximum Gasteiger partial charge on any atom is 0.214 e. The van der Waals surface area contributed by atoms with Crippen LogP contribution in [0.25, 0.3) is 0 Å². The van der Waals surface area contributed by atoms with Gasteiger partial charge < -0.3 is 10.6 Å². The maximum absolute atomic E-state index is 12.1. The SMILES string of the molecule is CCCS(=O)(=O)N1CCC(NC(=NC)NCCS(=O)C(C)(C)C)CC1. The van der Waals surface area contributed by atoms with Crippen molar-refractivity contribution in [3.05, 3.63) is 0 Å². The average molecular weight is 395 g/mol. The van der Waals surface area contributed by atoms with Crippen LogP contribution >= 0.6 is 0 Å².